The largest absolute Gasteiger partial charge is 0.350 e. The summed E-state index contributed by atoms with van der Waals surface area (Å²) in [6, 6.07) is 19.0. The number of nitrogens with zero attached hydrogens (tertiary/aromatic N) is 1. The fraction of sp³-hybridized carbons (Fsp3) is 0.0435. The Bertz CT molecular complexity index is 1230. The van der Waals surface area contributed by atoms with Gasteiger partial charge in [0.1, 0.15) is 10.6 Å². The second-order valence-electron chi connectivity index (χ2n) is 6.77. The zero-order valence-electron chi connectivity index (χ0n) is 16.2. The molecule has 0 radical (unpaired) electrons. The zero-order chi connectivity index (χ0) is 22.1. The van der Waals surface area contributed by atoms with E-state index in [1.54, 1.807) is 73.7 Å². The molecule has 4 rings (SSSR count). The molecule has 4 nitrogen and oxygen atoms in total. The number of benzene rings is 3. The number of carbonyl (C=O) groups excluding carboxylic acids is 2. The fourth-order valence-electron chi connectivity index (χ4n) is 3.13. The Morgan fingerprint density at radius 3 is 2.16 bits per heavy atom. The normalized spacial score (nSPS) is 13.9. The van der Waals surface area contributed by atoms with E-state index in [0.29, 0.717) is 32.0 Å². The van der Waals surface area contributed by atoms with E-state index < -0.39 is 11.8 Å². The van der Waals surface area contributed by atoms with Gasteiger partial charge in [0.05, 0.1) is 5.69 Å². The molecule has 1 aliphatic heterocycles. The zero-order valence-corrected chi connectivity index (χ0v) is 19.2. The molecule has 31 heavy (non-hydrogen) atoms. The molecule has 1 heterocycles. The third kappa shape index (κ3) is 4.60. The third-order valence-electron chi connectivity index (χ3n) is 4.57. The van der Waals surface area contributed by atoms with Crippen LogP contribution in [0.2, 0.25) is 15.1 Å². The molecule has 3 aromatic rings. The van der Waals surface area contributed by atoms with E-state index in [1.807, 2.05) is 0 Å². The standard InChI is InChI=1S/C23H15Cl3N2O2S/c1-13-11-16(26)7-10-19(13)28-22(29)20(27-17-4-2-3-15(25)12-17)21(23(28)30)31-18-8-5-14(24)6-9-18/h2-12,27H,1H3. The summed E-state index contributed by atoms with van der Waals surface area (Å²) < 4.78 is 0. The van der Waals surface area contributed by atoms with Crippen LogP contribution in [0.15, 0.2) is 82.2 Å². The van der Waals surface area contributed by atoms with Crippen molar-refractivity contribution in [3.05, 3.63) is 98.0 Å². The summed E-state index contributed by atoms with van der Waals surface area (Å²) in [5.41, 5.74) is 1.99. The predicted molar refractivity (Wildman–Crippen MR) is 128 cm³/mol. The van der Waals surface area contributed by atoms with Crippen LogP contribution >= 0.6 is 46.6 Å². The molecule has 1 N–H and O–H groups in total. The molecule has 0 fully saturated rings. The number of amides is 2. The number of rotatable bonds is 5. The maximum atomic E-state index is 13.4. The molecule has 0 aliphatic carbocycles. The van der Waals surface area contributed by atoms with Crippen LogP contribution in [0.5, 0.6) is 0 Å². The van der Waals surface area contributed by atoms with E-state index in [-0.39, 0.29) is 10.6 Å². The molecule has 3 aromatic carbocycles. The monoisotopic (exact) mass is 488 g/mol. The van der Waals surface area contributed by atoms with Crippen molar-refractivity contribution in [2.75, 3.05) is 10.2 Å². The van der Waals surface area contributed by atoms with Crippen molar-refractivity contribution >= 4 is 69.8 Å². The number of halogens is 3. The van der Waals surface area contributed by atoms with Gasteiger partial charge in [-0.2, -0.15) is 0 Å². The molecule has 0 spiro atoms. The van der Waals surface area contributed by atoms with Crippen molar-refractivity contribution in [1.82, 2.24) is 0 Å². The van der Waals surface area contributed by atoms with Gasteiger partial charge in [-0.3, -0.25) is 9.59 Å². The van der Waals surface area contributed by atoms with E-state index in [0.717, 1.165) is 9.80 Å². The van der Waals surface area contributed by atoms with Gasteiger partial charge in [-0.15, -0.1) is 0 Å². The van der Waals surface area contributed by atoms with Gasteiger partial charge in [0, 0.05) is 25.7 Å². The lowest BCUT2D eigenvalue weighted by Crippen LogP contribution is -2.32. The second kappa shape index (κ2) is 8.97. The molecule has 0 saturated heterocycles. The van der Waals surface area contributed by atoms with Crippen LogP contribution in [0.25, 0.3) is 0 Å². The minimum absolute atomic E-state index is 0.182. The van der Waals surface area contributed by atoms with E-state index in [1.165, 1.54) is 11.8 Å². The third-order valence-corrected chi connectivity index (χ3v) is 6.38. The van der Waals surface area contributed by atoms with Crippen LogP contribution in [0, 0.1) is 6.92 Å². The highest BCUT2D eigenvalue weighted by atomic mass is 35.5. The SMILES string of the molecule is Cc1cc(Cl)ccc1N1C(=O)C(Nc2cccc(Cl)c2)=C(Sc2ccc(Cl)cc2)C1=O. The van der Waals surface area contributed by atoms with Crippen molar-refractivity contribution in [2.24, 2.45) is 0 Å². The van der Waals surface area contributed by atoms with Gasteiger partial charge in [-0.05, 0) is 73.2 Å². The summed E-state index contributed by atoms with van der Waals surface area (Å²) in [5, 5.41) is 4.71. The van der Waals surface area contributed by atoms with Crippen LogP contribution < -0.4 is 10.2 Å². The number of aryl methyl sites for hydroxylation is 1. The van der Waals surface area contributed by atoms with Crippen molar-refractivity contribution in [1.29, 1.82) is 0 Å². The maximum absolute atomic E-state index is 13.4. The highest BCUT2D eigenvalue weighted by Crippen LogP contribution is 2.39. The quantitative estimate of drug-likeness (QED) is 0.394. The van der Waals surface area contributed by atoms with E-state index >= 15 is 0 Å². The van der Waals surface area contributed by atoms with E-state index in [9.17, 15) is 9.59 Å². The van der Waals surface area contributed by atoms with Crippen LogP contribution in [0.1, 0.15) is 5.56 Å². The van der Waals surface area contributed by atoms with Crippen LogP contribution in [-0.4, -0.2) is 11.8 Å². The summed E-state index contributed by atoms with van der Waals surface area (Å²) >= 11 is 19.3. The first-order valence-electron chi connectivity index (χ1n) is 9.19. The average molecular weight is 490 g/mol. The first kappa shape index (κ1) is 21.8. The summed E-state index contributed by atoms with van der Waals surface area (Å²) in [6.07, 6.45) is 0. The number of nitrogens with one attached hydrogen (secondary N) is 1. The van der Waals surface area contributed by atoms with Crippen molar-refractivity contribution in [2.45, 2.75) is 11.8 Å². The van der Waals surface area contributed by atoms with E-state index in [4.69, 9.17) is 34.8 Å². The number of anilines is 2. The molecule has 8 heteroatoms. The maximum Gasteiger partial charge on any atom is 0.283 e. The topological polar surface area (TPSA) is 49.4 Å². The van der Waals surface area contributed by atoms with Gasteiger partial charge in [0.25, 0.3) is 11.8 Å². The van der Waals surface area contributed by atoms with Crippen molar-refractivity contribution in [3.8, 4) is 0 Å². The molecular formula is C23H15Cl3N2O2S. The lowest BCUT2D eigenvalue weighted by atomic mass is 10.2. The highest BCUT2D eigenvalue weighted by molar-refractivity contribution is 8.04. The minimum Gasteiger partial charge on any atom is -0.350 e. The summed E-state index contributed by atoms with van der Waals surface area (Å²) in [5.74, 6) is -0.869. The minimum atomic E-state index is -0.452. The van der Waals surface area contributed by atoms with Crippen molar-refractivity contribution in [3.63, 3.8) is 0 Å². The molecule has 0 saturated carbocycles. The van der Waals surface area contributed by atoms with Gasteiger partial charge < -0.3 is 5.32 Å². The van der Waals surface area contributed by atoms with Crippen molar-refractivity contribution < 1.29 is 9.59 Å². The second-order valence-corrected chi connectivity index (χ2v) is 9.17. The Morgan fingerprint density at radius 2 is 1.48 bits per heavy atom. The van der Waals surface area contributed by atoms with Crippen LogP contribution in [0.4, 0.5) is 11.4 Å². The fourth-order valence-corrected chi connectivity index (χ4v) is 4.60. The lowest BCUT2D eigenvalue weighted by Gasteiger charge is -2.18. The van der Waals surface area contributed by atoms with Gasteiger partial charge in [-0.1, -0.05) is 52.6 Å². The Hall–Kier alpha value is -2.44. The molecule has 0 unspecified atom stereocenters. The number of hydrogen-bond donors (Lipinski definition) is 1. The van der Waals surface area contributed by atoms with Gasteiger partial charge in [0.15, 0.2) is 0 Å². The number of carbonyl (C=O) groups is 2. The molecule has 2 amide bonds. The Morgan fingerprint density at radius 1 is 0.806 bits per heavy atom. The average Bonchev–Trinajstić information content (AvgIpc) is 2.94. The van der Waals surface area contributed by atoms with Crippen LogP contribution in [0.3, 0.4) is 0 Å². The molecule has 0 aromatic heterocycles. The Balaban J connectivity index is 1.77. The molecule has 156 valence electrons. The smallest absolute Gasteiger partial charge is 0.283 e. The number of imide groups is 1. The van der Waals surface area contributed by atoms with E-state index in [2.05, 4.69) is 5.32 Å². The molecule has 0 bridgehead atoms. The van der Waals surface area contributed by atoms with Crippen LogP contribution in [-0.2, 0) is 9.59 Å². The first-order chi connectivity index (χ1) is 14.8. The first-order valence-corrected chi connectivity index (χ1v) is 11.1. The van der Waals surface area contributed by atoms with Gasteiger partial charge in [0.2, 0.25) is 0 Å². The molecule has 0 atom stereocenters. The molecule has 1 aliphatic rings. The van der Waals surface area contributed by atoms with Gasteiger partial charge in [-0.25, -0.2) is 4.90 Å². The Kier molecular flexibility index (Phi) is 6.30. The number of thioether (sulfide) groups is 1. The summed E-state index contributed by atoms with van der Waals surface area (Å²) in [6.45, 7) is 1.80. The summed E-state index contributed by atoms with van der Waals surface area (Å²) in [4.78, 5) is 29.0. The Labute approximate surface area is 198 Å². The highest BCUT2D eigenvalue weighted by Gasteiger charge is 2.40. The predicted octanol–water partition coefficient (Wildman–Crippen LogP) is 6.94. The van der Waals surface area contributed by atoms with Gasteiger partial charge >= 0.3 is 0 Å². The number of hydrogen-bond acceptors (Lipinski definition) is 4. The lowest BCUT2D eigenvalue weighted by molar-refractivity contribution is -0.120. The summed E-state index contributed by atoms with van der Waals surface area (Å²) in [7, 11) is 0. The molecular weight excluding hydrogens is 475 g/mol.